The van der Waals surface area contributed by atoms with Crippen LogP contribution in [0.25, 0.3) is 0 Å². The van der Waals surface area contributed by atoms with E-state index in [1.54, 1.807) is 24.3 Å². The molecule has 0 bridgehead atoms. The highest BCUT2D eigenvalue weighted by molar-refractivity contribution is 5.90. The van der Waals surface area contributed by atoms with E-state index in [1.807, 2.05) is 18.2 Å². The topological polar surface area (TPSA) is 90.7 Å². The normalized spacial score (nSPS) is 10.3. The Hall–Kier alpha value is -2.86. The third kappa shape index (κ3) is 7.81. The number of ether oxygens (including phenoxy) is 2. The predicted molar refractivity (Wildman–Crippen MR) is 100.0 cm³/mol. The highest BCUT2D eigenvalue weighted by Gasteiger charge is 2.03. The third-order valence-electron chi connectivity index (χ3n) is 3.59. The van der Waals surface area contributed by atoms with Crippen molar-refractivity contribution < 1.29 is 19.1 Å². The Morgan fingerprint density at radius 2 is 1.69 bits per heavy atom. The number of nitrogens with two attached hydrogens (primary N) is 1. The van der Waals surface area contributed by atoms with Gasteiger partial charge in [-0.25, -0.2) is 0 Å². The first-order chi connectivity index (χ1) is 12.6. The van der Waals surface area contributed by atoms with Gasteiger partial charge in [0.2, 0.25) is 5.91 Å². The Morgan fingerprint density at radius 1 is 0.962 bits per heavy atom. The van der Waals surface area contributed by atoms with E-state index in [4.69, 9.17) is 15.2 Å². The van der Waals surface area contributed by atoms with Crippen molar-refractivity contribution in [2.75, 3.05) is 25.1 Å². The molecule has 0 radical (unpaired) electrons. The molecule has 6 nitrogen and oxygen atoms in total. The van der Waals surface area contributed by atoms with E-state index in [1.165, 1.54) is 5.56 Å². The summed E-state index contributed by atoms with van der Waals surface area (Å²) in [5.41, 5.74) is 6.93. The Labute approximate surface area is 153 Å². The molecule has 3 N–H and O–H groups in total. The fraction of sp³-hybridized carbons (Fsp3) is 0.300. The van der Waals surface area contributed by atoms with Crippen molar-refractivity contribution in [2.24, 2.45) is 5.73 Å². The van der Waals surface area contributed by atoms with E-state index < -0.39 is 5.91 Å². The van der Waals surface area contributed by atoms with Crippen LogP contribution in [0.15, 0.2) is 54.6 Å². The molecule has 6 heteroatoms. The zero-order chi connectivity index (χ0) is 18.6. The number of nitrogens with one attached hydrogen (secondary N) is 1. The molecule has 2 aromatic rings. The van der Waals surface area contributed by atoms with Crippen LogP contribution in [0.4, 0.5) is 5.69 Å². The minimum atomic E-state index is -0.534. The van der Waals surface area contributed by atoms with E-state index in [0.717, 1.165) is 6.42 Å². The van der Waals surface area contributed by atoms with Gasteiger partial charge in [-0.2, -0.15) is 0 Å². The van der Waals surface area contributed by atoms with Gasteiger partial charge >= 0.3 is 0 Å². The van der Waals surface area contributed by atoms with Crippen LogP contribution >= 0.6 is 0 Å². The zero-order valence-electron chi connectivity index (χ0n) is 14.6. The van der Waals surface area contributed by atoms with Crippen LogP contribution in [-0.2, 0) is 20.7 Å². The van der Waals surface area contributed by atoms with Crippen molar-refractivity contribution in [3.05, 3.63) is 60.2 Å². The molecule has 138 valence electrons. The number of hydrogen-bond donors (Lipinski definition) is 2. The van der Waals surface area contributed by atoms with Crippen LogP contribution in [0.2, 0.25) is 0 Å². The Balaban J connectivity index is 1.57. The van der Waals surface area contributed by atoms with Crippen LogP contribution < -0.4 is 15.8 Å². The van der Waals surface area contributed by atoms with Crippen LogP contribution in [0.3, 0.4) is 0 Å². The van der Waals surface area contributed by atoms with Crippen LogP contribution in [0.5, 0.6) is 5.75 Å². The van der Waals surface area contributed by atoms with Crippen molar-refractivity contribution >= 4 is 17.5 Å². The lowest BCUT2D eigenvalue weighted by atomic mass is 10.2. The lowest BCUT2D eigenvalue weighted by Crippen LogP contribution is -2.20. The Morgan fingerprint density at radius 3 is 2.38 bits per heavy atom. The zero-order valence-corrected chi connectivity index (χ0v) is 14.6. The molecule has 0 spiro atoms. The van der Waals surface area contributed by atoms with Gasteiger partial charge < -0.3 is 20.5 Å². The highest BCUT2D eigenvalue weighted by atomic mass is 16.5. The molecule has 0 fully saturated rings. The molecule has 0 aliphatic heterocycles. The van der Waals surface area contributed by atoms with E-state index in [9.17, 15) is 9.59 Å². The van der Waals surface area contributed by atoms with Crippen LogP contribution in [0.1, 0.15) is 18.4 Å². The lowest BCUT2D eigenvalue weighted by molar-refractivity contribution is -0.120. The fourth-order valence-corrected chi connectivity index (χ4v) is 2.28. The summed E-state index contributed by atoms with van der Waals surface area (Å²) in [4.78, 5) is 22.6. The molecule has 2 amide bonds. The molecule has 0 aromatic heterocycles. The predicted octanol–water partition coefficient (Wildman–Crippen LogP) is 2.53. The van der Waals surface area contributed by atoms with Crippen molar-refractivity contribution in [3.8, 4) is 5.75 Å². The molecule has 2 rings (SSSR count). The molecule has 2 aromatic carbocycles. The number of rotatable bonds is 11. The first-order valence-corrected chi connectivity index (χ1v) is 8.56. The minimum Gasteiger partial charge on any atom is -0.484 e. The number of primary amides is 1. The van der Waals surface area contributed by atoms with Gasteiger partial charge in [-0.1, -0.05) is 30.3 Å². The number of carbonyl (C=O) groups excluding carboxylic acids is 2. The smallest absolute Gasteiger partial charge is 0.255 e. The molecule has 0 aliphatic rings. The summed E-state index contributed by atoms with van der Waals surface area (Å²) in [6, 6.07) is 16.9. The third-order valence-corrected chi connectivity index (χ3v) is 3.59. The fourth-order valence-electron chi connectivity index (χ4n) is 2.28. The Kier molecular flexibility index (Phi) is 8.15. The van der Waals surface area contributed by atoms with E-state index in [2.05, 4.69) is 17.4 Å². The highest BCUT2D eigenvalue weighted by Crippen LogP contribution is 2.15. The van der Waals surface area contributed by atoms with E-state index in [-0.39, 0.29) is 12.5 Å². The van der Waals surface area contributed by atoms with Crippen molar-refractivity contribution in [1.82, 2.24) is 0 Å². The molecule has 0 unspecified atom stereocenters. The summed E-state index contributed by atoms with van der Waals surface area (Å²) in [5.74, 6) is -0.0792. The number of carbonyl (C=O) groups is 2. The van der Waals surface area contributed by atoms with Crippen molar-refractivity contribution in [3.63, 3.8) is 0 Å². The minimum absolute atomic E-state index is 0.0672. The SMILES string of the molecule is NC(=O)COc1ccc(NC(=O)CCCOCCc2ccccc2)cc1. The maximum absolute atomic E-state index is 11.9. The van der Waals surface area contributed by atoms with Crippen molar-refractivity contribution in [2.45, 2.75) is 19.3 Å². The number of hydrogen-bond acceptors (Lipinski definition) is 4. The van der Waals surface area contributed by atoms with Gasteiger partial charge in [0.15, 0.2) is 6.61 Å². The second-order valence-corrected chi connectivity index (χ2v) is 5.78. The monoisotopic (exact) mass is 356 g/mol. The maximum Gasteiger partial charge on any atom is 0.255 e. The summed E-state index contributed by atoms with van der Waals surface area (Å²) in [6.45, 7) is 1.04. The van der Waals surface area contributed by atoms with E-state index in [0.29, 0.717) is 37.5 Å². The van der Waals surface area contributed by atoms with Gasteiger partial charge in [0.05, 0.1) is 6.61 Å². The molecule has 0 aliphatic carbocycles. The summed E-state index contributed by atoms with van der Waals surface area (Å²) < 4.78 is 10.7. The van der Waals surface area contributed by atoms with Gasteiger partial charge in [-0.15, -0.1) is 0 Å². The average Bonchev–Trinajstić information content (AvgIpc) is 2.65. The van der Waals surface area contributed by atoms with Crippen molar-refractivity contribution in [1.29, 1.82) is 0 Å². The molecule has 0 saturated heterocycles. The van der Waals surface area contributed by atoms with Gasteiger partial charge in [0, 0.05) is 18.7 Å². The largest absolute Gasteiger partial charge is 0.484 e. The Bertz CT molecular complexity index is 687. The average molecular weight is 356 g/mol. The second-order valence-electron chi connectivity index (χ2n) is 5.78. The lowest BCUT2D eigenvalue weighted by Gasteiger charge is -2.08. The van der Waals surface area contributed by atoms with Crippen LogP contribution in [0, 0.1) is 0 Å². The molecule has 0 saturated carbocycles. The summed E-state index contributed by atoms with van der Waals surface area (Å²) in [5, 5.41) is 2.81. The maximum atomic E-state index is 11.9. The first kappa shape index (κ1) is 19.5. The quantitative estimate of drug-likeness (QED) is 0.605. The van der Waals surface area contributed by atoms with E-state index >= 15 is 0 Å². The summed E-state index contributed by atoms with van der Waals surface area (Å²) >= 11 is 0. The molecule has 26 heavy (non-hydrogen) atoms. The van der Waals surface area contributed by atoms with Gasteiger partial charge in [-0.3, -0.25) is 9.59 Å². The standard InChI is InChI=1S/C20H24N2O4/c21-19(23)15-26-18-10-8-17(9-11-18)22-20(24)7-4-13-25-14-12-16-5-2-1-3-6-16/h1-3,5-6,8-11H,4,7,12-15H2,(H2,21,23)(H,22,24). The van der Waals surface area contributed by atoms with Crippen LogP contribution in [-0.4, -0.2) is 31.6 Å². The summed E-state index contributed by atoms with van der Waals surface area (Å²) in [6.07, 6.45) is 1.93. The molecular formula is C20H24N2O4. The number of anilines is 1. The van der Waals surface area contributed by atoms with Gasteiger partial charge in [0.1, 0.15) is 5.75 Å². The first-order valence-electron chi connectivity index (χ1n) is 8.56. The second kappa shape index (κ2) is 10.9. The number of amides is 2. The number of benzene rings is 2. The van der Waals surface area contributed by atoms with Gasteiger partial charge in [0.25, 0.3) is 5.91 Å². The molecular weight excluding hydrogens is 332 g/mol. The summed E-state index contributed by atoms with van der Waals surface area (Å²) in [7, 11) is 0. The molecule has 0 heterocycles. The molecule has 0 atom stereocenters. The van der Waals surface area contributed by atoms with Gasteiger partial charge in [-0.05, 0) is 42.7 Å².